The largest absolute Gasteiger partial charge is 0.457 e. The van der Waals surface area contributed by atoms with E-state index in [9.17, 15) is 14.9 Å². The minimum absolute atomic E-state index is 0.0502. The highest BCUT2D eigenvalue weighted by atomic mass is 79.9. The second-order valence-electron chi connectivity index (χ2n) is 6.00. The highest BCUT2D eigenvalue weighted by Gasteiger charge is 2.33. The van der Waals surface area contributed by atoms with Crippen LogP contribution in [0.2, 0.25) is 0 Å². The Kier molecular flexibility index (Phi) is 5.35. The van der Waals surface area contributed by atoms with Crippen molar-refractivity contribution in [2.45, 2.75) is 0 Å². The Labute approximate surface area is 183 Å². The van der Waals surface area contributed by atoms with Crippen molar-refractivity contribution in [3.05, 3.63) is 85.9 Å². The van der Waals surface area contributed by atoms with Gasteiger partial charge in [-0.2, -0.15) is 0 Å². The zero-order valence-electron chi connectivity index (χ0n) is 14.6. The first-order valence-corrected chi connectivity index (χ1v) is 10.3. The normalized spacial score (nSPS) is 15.3. The van der Waals surface area contributed by atoms with Crippen LogP contribution >= 0.6 is 39.9 Å². The summed E-state index contributed by atoms with van der Waals surface area (Å²) in [5.41, 5.74) is 1.36. The molecule has 29 heavy (non-hydrogen) atoms. The molecule has 0 saturated carbocycles. The fourth-order valence-corrected chi connectivity index (χ4v) is 4.29. The molecule has 3 aromatic rings. The van der Waals surface area contributed by atoms with E-state index >= 15 is 0 Å². The summed E-state index contributed by atoms with van der Waals surface area (Å²) in [5, 5.41) is 10.8. The number of hydrogen-bond acceptors (Lipinski definition) is 6. The molecule has 0 radical (unpaired) electrons. The molecule has 0 bridgehead atoms. The molecule has 1 aliphatic rings. The van der Waals surface area contributed by atoms with Crippen molar-refractivity contribution in [2.75, 3.05) is 4.90 Å². The van der Waals surface area contributed by atoms with Gasteiger partial charge in [-0.1, -0.05) is 52.0 Å². The topological polar surface area (TPSA) is 76.6 Å². The first kappa shape index (κ1) is 19.6. The molecule has 6 nitrogen and oxygen atoms in total. The van der Waals surface area contributed by atoms with Gasteiger partial charge in [-0.25, -0.2) is 0 Å². The number of carbonyl (C=O) groups is 1. The molecule has 144 valence electrons. The van der Waals surface area contributed by atoms with Crippen molar-refractivity contribution in [1.82, 2.24) is 0 Å². The maximum absolute atomic E-state index is 12.8. The van der Waals surface area contributed by atoms with E-state index in [-0.39, 0.29) is 11.6 Å². The van der Waals surface area contributed by atoms with Crippen LogP contribution in [0.5, 0.6) is 0 Å². The fourth-order valence-electron chi connectivity index (χ4n) is 2.74. The predicted molar refractivity (Wildman–Crippen MR) is 121 cm³/mol. The summed E-state index contributed by atoms with van der Waals surface area (Å²) in [5.74, 6) is 0.928. The molecule has 1 amide bonds. The molecule has 1 aliphatic heterocycles. The van der Waals surface area contributed by atoms with Crippen LogP contribution in [0.1, 0.15) is 5.76 Å². The number of amides is 1. The van der Waals surface area contributed by atoms with Gasteiger partial charge in [0.25, 0.3) is 11.6 Å². The number of rotatable bonds is 4. The second kappa shape index (κ2) is 7.94. The Bertz CT molecular complexity index is 1150. The van der Waals surface area contributed by atoms with Gasteiger partial charge in [-0.05, 0) is 36.4 Å². The molecule has 9 heteroatoms. The number of non-ortho nitro benzene ring substituents is 1. The molecule has 2 aromatic carbocycles. The number of thiocarbonyl (C=S) groups is 1. The molecule has 0 atom stereocenters. The Morgan fingerprint density at radius 1 is 1.07 bits per heavy atom. The lowest BCUT2D eigenvalue weighted by molar-refractivity contribution is -0.384. The van der Waals surface area contributed by atoms with E-state index in [0.717, 1.165) is 21.8 Å². The van der Waals surface area contributed by atoms with E-state index < -0.39 is 4.92 Å². The lowest BCUT2D eigenvalue weighted by Gasteiger charge is -2.13. The third kappa shape index (κ3) is 4.02. The SMILES string of the molecule is O=C1/C(=C\c2ccc(-c3ccc(Br)cc3)o2)SC(=S)N1c1ccc([N+](=O)[O-])cc1. The Hall–Kier alpha value is -2.75. The minimum Gasteiger partial charge on any atom is -0.457 e. The quantitative estimate of drug-likeness (QED) is 0.194. The van der Waals surface area contributed by atoms with Crippen LogP contribution < -0.4 is 4.90 Å². The molecule has 0 N–H and O–H groups in total. The predicted octanol–water partition coefficient (Wildman–Crippen LogP) is 6.02. The van der Waals surface area contributed by atoms with Crippen molar-refractivity contribution in [2.24, 2.45) is 0 Å². The van der Waals surface area contributed by atoms with Gasteiger partial charge in [0.05, 0.1) is 15.5 Å². The standard InChI is InChI=1S/C20H11BrN2O4S2/c21-13-3-1-12(2-4-13)17-10-9-16(27-17)11-18-19(24)22(20(28)29-18)14-5-7-15(8-6-14)23(25)26/h1-11H/b18-11+. The molecular weight excluding hydrogens is 476 g/mol. The van der Waals surface area contributed by atoms with Gasteiger partial charge in [-0.15, -0.1) is 0 Å². The fraction of sp³-hybridized carbons (Fsp3) is 0. The van der Waals surface area contributed by atoms with Crippen molar-refractivity contribution >= 4 is 67.6 Å². The number of halogens is 1. The van der Waals surface area contributed by atoms with Crippen LogP contribution in [0.15, 0.2) is 74.5 Å². The molecule has 1 fully saturated rings. The van der Waals surface area contributed by atoms with Crippen LogP contribution in [0, 0.1) is 10.1 Å². The van der Waals surface area contributed by atoms with E-state index in [4.69, 9.17) is 16.6 Å². The first-order chi connectivity index (χ1) is 13.9. The maximum atomic E-state index is 12.8. The zero-order chi connectivity index (χ0) is 20.5. The third-order valence-electron chi connectivity index (χ3n) is 4.14. The van der Waals surface area contributed by atoms with Gasteiger partial charge in [0.2, 0.25) is 0 Å². The Balaban J connectivity index is 1.58. The molecule has 1 aromatic heterocycles. The third-order valence-corrected chi connectivity index (χ3v) is 5.97. The number of nitrogens with zero attached hydrogens (tertiary/aromatic N) is 2. The average Bonchev–Trinajstić information content (AvgIpc) is 3.27. The molecule has 4 rings (SSSR count). The number of anilines is 1. The Morgan fingerprint density at radius 3 is 2.41 bits per heavy atom. The van der Waals surface area contributed by atoms with E-state index in [1.807, 2.05) is 30.3 Å². The zero-order valence-corrected chi connectivity index (χ0v) is 17.8. The summed E-state index contributed by atoms with van der Waals surface area (Å²) in [6.45, 7) is 0. The molecule has 1 saturated heterocycles. The monoisotopic (exact) mass is 486 g/mol. The smallest absolute Gasteiger partial charge is 0.270 e. The summed E-state index contributed by atoms with van der Waals surface area (Å²) in [4.78, 5) is 24.9. The van der Waals surface area contributed by atoms with Gasteiger partial charge in [0, 0.05) is 28.2 Å². The van der Waals surface area contributed by atoms with Crippen LogP contribution in [0.4, 0.5) is 11.4 Å². The molecule has 0 spiro atoms. The number of hydrogen-bond donors (Lipinski definition) is 0. The summed E-state index contributed by atoms with van der Waals surface area (Å²) in [7, 11) is 0. The number of nitro groups is 1. The molecule has 0 unspecified atom stereocenters. The summed E-state index contributed by atoms with van der Waals surface area (Å²) < 4.78 is 7.18. The highest BCUT2D eigenvalue weighted by molar-refractivity contribution is 9.10. The molecular formula is C20H11BrN2O4S2. The summed E-state index contributed by atoms with van der Waals surface area (Å²) in [6.07, 6.45) is 1.65. The first-order valence-electron chi connectivity index (χ1n) is 8.30. The lowest BCUT2D eigenvalue weighted by Crippen LogP contribution is -2.27. The van der Waals surface area contributed by atoms with Gasteiger partial charge in [-0.3, -0.25) is 19.8 Å². The summed E-state index contributed by atoms with van der Waals surface area (Å²) in [6, 6.07) is 17.0. The van der Waals surface area contributed by atoms with E-state index in [2.05, 4.69) is 15.9 Å². The van der Waals surface area contributed by atoms with Crippen molar-refractivity contribution in [3.8, 4) is 11.3 Å². The van der Waals surface area contributed by atoms with Crippen LogP contribution in [-0.2, 0) is 4.79 Å². The van der Waals surface area contributed by atoms with Crippen molar-refractivity contribution in [3.63, 3.8) is 0 Å². The van der Waals surface area contributed by atoms with Crippen molar-refractivity contribution < 1.29 is 14.1 Å². The molecule has 2 heterocycles. The van der Waals surface area contributed by atoms with Gasteiger partial charge in [0.1, 0.15) is 11.5 Å². The van der Waals surface area contributed by atoms with Gasteiger partial charge < -0.3 is 4.42 Å². The van der Waals surface area contributed by atoms with Crippen LogP contribution in [0.3, 0.4) is 0 Å². The average molecular weight is 487 g/mol. The minimum atomic E-state index is -0.492. The van der Waals surface area contributed by atoms with Crippen LogP contribution in [0.25, 0.3) is 17.4 Å². The highest BCUT2D eigenvalue weighted by Crippen LogP contribution is 2.37. The number of benzene rings is 2. The molecule has 0 aliphatic carbocycles. The van der Waals surface area contributed by atoms with E-state index in [0.29, 0.717) is 26.4 Å². The van der Waals surface area contributed by atoms with Gasteiger partial charge >= 0.3 is 0 Å². The summed E-state index contributed by atoms with van der Waals surface area (Å²) >= 11 is 9.89. The second-order valence-corrected chi connectivity index (χ2v) is 8.59. The van der Waals surface area contributed by atoms with Gasteiger partial charge in [0.15, 0.2) is 4.32 Å². The van der Waals surface area contributed by atoms with Crippen LogP contribution in [-0.4, -0.2) is 15.2 Å². The van der Waals surface area contributed by atoms with E-state index in [1.54, 1.807) is 12.1 Å². The number of carbonyl (C=O) groups excluding carboxylic acids is 1. The lowest BCUT2D eigenvalue weighted by atomic mass is 10.2. The number of thioether (sulfide) groups is 1. The Morgan fingerprint density at radius 2 is 1.76 bits per heavy atom. The number of nitro benzene ring substituents is 1. The maximum Gasteiger partial charge on any atom is 0.270 e. The van der Waals surface area contributed by atoms with E-state index in [1.165, 1.54) is 29.2 Å². The number of furan rings is 1. The van der Waals surface area contributed by atoms with Crippen molar-refractivity contribution in [1.29, 1.82) is 0 Å².